The Morgan fingerprint density at radius 2 is 2.26 bits per heavy atom. The van der Waals surface area contributed by atoms with Crippen LogP contribution < -0.4 is 5.73 Å². The molecule has 2 rings (SSSR count). The normalized spacial score (nSPS) is 31.4. The van der Waals surface area contributed by atoms with Crippen molar-refractivity contribution in [3.05, 3.63) is 0 Å². The molecular formula is C15H27N3O. The maximum Gasteiger partial charge on any atom is 0.346 e. The summed E-state index contributed by atoms with van der Waals surface area (Å²) in [6, 6.07) is -0.121. The number of rotatable bonds is 4. The van der Waals surface area contributed by atoms with E-state index in [1.54, 1.807) is 0 Å². The van der Waals surface area contributed by atoms with Gasteiger partial charge in [-0.25, -0.2) is 4.79 Å². The van der Waals surface area contributed by atoms with E-state index in [0.717, 1.165) is 32.2 Å². The van der Waals surface area contributed by atoms with Crippen LogP contribution in [0.1, 0.15) is 59.3 Å². The highest BCUT2D eigenvalue weighted by Crippen LogP contribution is 2.42. The summed E-state index contributed by atoms with van der Waals surface area (Å²) in [5, 5.41) is 0. The van der Waals surface area contributed by atoms with Gasteiger partial charge in [-0.2, -0.15) is 4.99 Å². The third-order valence-corrected chi connectivity index (χ3v) is 4.52. The van der Waals surface area contributed by atoms with Crippen LogP contribution in [0.4, 0.5) is 4.79 Å². The van der Waals surface area contributed by atoms with Gasteiger partial charge in [0.15, 0.2) is 0 Å². The van der Waals surface area contributed by atoms with Crippen molar-refractivity contribution in [3.63, 3.8) is 0 Å². The molecule has 108 valence electrons. The van der Waals surface area contributed by atoms with Crippen molar-refractivity contribution in [3.8, 4) is 0 Å². The molecule has 0 aromatic rings. The Balaban J connectivity index is 2.19. The molecule has 0 bridgehead atoms. The van der Waals surface area contributed by atoms with Gasteiger partial charge in [-0.3, -0.25) is 0 Å². The van der Waals surface area contributed by atoms with Gasteiger partial charge in [0.05, 0.1) is 0 Å². The number of aliphatic imine (C=N–C) groups is 1. The van der Waals surface area contributed by atoms with E-state index in [0.29, 0.717) is 17.7 Å². The first-order valence-corrected chi connectivity index (χ1v) is 7.66. The van der Waals surface area contributed by atoms with E-state index >= 15 is 0 Å². The first-order chi connectivity index (χ1) is 8.99. The summed E-state index contributed by atoms with van der Waals surface area (Å²) in [7, 11) is 0. The van der Waals surface area contributed by atoms with E-state index in [9.17, 15) is 4.79 Å². The topological polar surface area (TPSA) is 58.7 Å². The fourth-order valence-corrected chi connectivity index (χ4v) is 3.83. The highest BCUT2D eigenvalue weighted by Gasteiger charge is 2.50. The van der Waals surface area contributed by atoms with E-state index in [-0.39, 0.29) is 11.6 Å². The molecule has 1 saturated carbocycles. The molecule has 1 spiro atoms. The molecule has 4 nitrogen and oxygen atoms in total. The number of nitrogens with zero attached hydrogens (tertiary/aromatic N) is 2. The monoisotopic (exact) mass is 265 g/mol. The molecule has 0 aromatic heterocycles. The largest absolute Gasteiger partial charge is 0.385 e. The molecule has 4 heteroatoms. The summed E-state index contributed by atoms with van der Waals surface area (Å²) in [6.07, 6.45) is 6.60. The fourth-order valence-electron chi connectivity index (χ4n) is 3.83. The lowest BCUT2D eigenvalue weighted by Crippen LogP contribution is -2.56. The molecule has 2 N–H and O–H groups in total. The summed E-state index contributed by atoms with van der Waals surface area (Å²) < 4.78 is 0. The molecule has 0 saturated heterocycles. The van der Waals surface area contributed by atoms with Crippen LogP contribution in [-0.4, -0.2) is 28.9 Å². The number of amides is 2. The summed E-state index contributed by atoms with van der Waals surface area (Å²) >= 11 is 0. The number of hydrogen-bond donors (Lipinski definition) is 1. The zero-order chi connectivity index (χ0) is 14.0. The molecule has 1 fully saturated rings. The zero-order valence-corrected chi connectivity index (χ0v) is 12.5. The molecule has 2 amide bonds. The third-order valence-electron chi connectivity index (χ3n) is 4.52. The molecule has 1 aliphatic carbocycles. The Labute approximate surface area is 116 Å². The fraction of sp³-hybridized carbons (Fsp3) is 0.867. The first-order valence-electron chi connectivity index (χ1n) is 7.66. The average Bonchev–Trinajstić information content (AvgIpc) is 2.54. The van der Waals surface area contributed by atoms with Gasteiger partial charge >= 0.3 is 6.03 Å². The van der Waals surface area contributed by atoms with Crippen LogP contribution in [0, 0.1) is 11.8 Å². The molecule has 0 radical (unpaired) electrons. The Bertz CT molecular complexity index is 378. The standard InChI is InChI=1S/C15H27N3O/c1-4-8-18-14(19)17-13(16)15(18)7-5-6-12(10-15)9-11(2)3/h11-12H,4-10H2,1-3H3,(H2,16,17,19). The van der Waals surface area contributed by atoms with Crippen molar-refractivity contribution in [1.29, 1.82) is 0 Å². The number of amidine groups is 1. The molecule has 0 aromatic carbocycles. The van der Waals surface area contributed by atoms with Gasteiger partial charge in [0.25, 0.3) is 0 Å². The first kappa shape index (κ1) is 14.4. The minimum atomic E-state index is -0.259. The van der Waals surface area contributed by atoms with Crippen LogP contribution in [-0.2, 0) is 0 Å². The van der Waals surface area contributed by atoms with Crippen LogP contribution >= 0.6 is 0 Å². The van der Waals surface area contributed by atoms with Gasteiger partial charge in [0.2, 0.25) is 0 Å². The lowest BCUT2D eigenvalue weighted by molar-refractivity contribution is 0.113. The van der Waals surface area contributed by atoms with E-state index in [1.165, 1.54) is 12.8 Å². The Morgan fingerprint density at radius 1 is 1.53 bits per heavy atom. The van der Waals surface area contributed by atoms with E-state index in [4.69, 9.17) is 5.73 Å². The van der Waals surface area contributed by atoms with Crippen LogP contribution in [0.25, 0.3) is 0 Å². The van der Waals surface area contributed by atoms with Crippen molar-refractivity contribution in [1.82, 2.24) is 4.90 Å². The number of urea groups is 1. The Kier molecular flexibility index (Phi) is 4.16. The SMILES string of the molecule is CCCN1C(=O)N=C(N)C12CCCC(CC(C)C)C2. The van der Waals surface area contributed by atoms with E-state index in [1.807, 2.05) is 4.90 Å². The number of hydrogen-bond acceptors (Lipinski definition) is 2. The second-order valence-electron chi connectivity index (χ2n) is 6.55. The molecule has 2 atom stereocenters. The molecule has 1 heterocycles. The number of nitrogens with two attached hydrogens (primary N) is 1. The van der Waals surface area contributed by atoms with Gasteiger partial charge in [-0.15, -0.1) is 0 Å². The van der Waals surface area contributed by atoms with Crippen molar-refractivity contribution in [2.45, 2.75) is 64.8 Å². The van der Waals surface area contributed by atoms with Crippen LogP contribution in [0.5, 0.6) is 0 Å². The third kappa shape index (κ3) is 2.63. The number of carbonyl (C=O) groups excluding carboxylic acids is 1. The Morgan fingerprint density at radius 3 is 2.89 bits per heavy atom. The van der Waals surface area contributed by atoms with E-state index in [2.05, 4.69) is 25.8 Å². The van der Waals surface area contributed by atoms with Crippen LogP contribution in [0.15, 0.2) is 4.99 Å². The summed E-state index contributed by atoms with van der Waals surface area (Å²) in [5.41, 5.74) is 5.88. The Hall–Kier alpha value is -1.06. The van der Waals surface area contributed by atoms with Crippen molar-refractivity contribution in [2.75, 3.05) is 6.54 Å². The lowest BCUT2D eigenvalue weighted by atomic mass is 9.72. The van der Waals surface area contributed by atoms with Crippen molar-refractivity contribution < 1.29 is 4.79 Å². The van der Waals surface area contributed by atoms with Crippen LogP contribution in [0.3, 0.4) is 0 Å². The van der Waals surface area contributed by atoms with Gasteiger partial charge in [-0.05, 0) is 37.5 Å². The zero-order valence-electron chi connectivity index (χ0n) is 12.5. The summed E-state index contributed by atoms with van der Waals surface area (Å²) in [5.74, 6) is 1.95. The maximum atomic E-state index is 12.0. The predicted octanol–water partition coefficient (Wildman–Crippen LogP) is 3.16. The molecule has 2 aliphatic rings. The average molecular weight is 265 g/mol. The van der Waals surface area contributed by atoms with Crippen LogP contribution in [0.2, 0.25) is 0 Å². The van der Waals surface area contributed by atoms with Gasteiger partial charge in [0, 0.05) is 6.54 Å². The highest BCUT2D eigenvalue weighted by molar-refractivity contribution is 6.05. The minimum Gasteiger partial charge on any atom is -0.385 e. The molecule has 2 unspecified atom stereocenters. The quantitative estimate of drug-likeness (QED) is 0.848. The van der Waals surface area contributed by atoms with Gasteiger partial charge < -0.3 is 10.6 Å². The second-order valence-corrected chi connectivity index (χ2v) is 6.55. The summed E-state index contributed by atoms with van der Waals surface area (Å²) in [6.45, 7) is 7.41. The second kappa shape index (κ2) is 5.51. The van der Waals surface area contributed by atoms with Crippen molar-refractivity contribution in [2.24, 2.45) is 22.6 Å². The molecular weight excluding hydrogens is 238 g/mol. The smallest absolute Gasteiger partial charge is 0.346 e. The van der Waals surface area contributed by atoms with Gasteiger partial charge in [0.1, 0.15) is 11.4 Å². The molecule has 1 aliphatic heterocycles. The maximum absolute atomic E-state index is 12.0. The van der Waals surface area contributed by atoms with Crippen molar-refractivity contribution >= 4 is 11.9 Å². The summed E-state index contributed by atoms with van der Waals surface area (Å²) in [4.78, 5) is 18.0. The van der Waals surface area contributed by atoms with Gasteiger partial charge in [-0.1, -0.05) is 33.6 Å². The predicted molar refractivity (Wildman–Crippen MR) is 78.2 cm³/mol. The minimum absolute atomic E-state index is 0.121. The lowest BCUT2D eigenvalue weighted by Gasteiger charge is -2.44. The molecule has 19 heavy (non-hydrogen) atoms. The highest BCUT2D eigenvalue weighted by atomic mass is 16.2. The van der Waals surface area contributed by atoms with E-state index < -0.39 is 0 Å². The number of carbonyl (C=O) groups is 1.